The summed E-state index contributed by atoms with van der Waals surface area (Å²) in [5.74, 6) is 1.07. The molecule has 26 heavy (non-hydrogen) atoms. The van der Waals surface area contributed by atoms with E-state index in [1.807, 2.05) is 42.3 Å². The van der Waals surface area contributed by atoms with Crippen molar-refractivity contribution < 1.29 is 9.53 Å². The van der Waals surface area contributed by atoms with Crippen molar-refractivity contribution >= 4 is 18.3 Å². The Morgan fingerprint density at radius 3 is 2.35 bits per heavy atom. The van der Waals surface area contributed by atoms with Gasteiger partial charge in [-0.15, -0.1) is 12.4 Å². The molecule has 0 unspecified atom stereocenters. The normalized spacial score (nSPS) is 10.1. The molecule has 2 aromatic rings. The van der Waals surface area contributed by atoms with E-state index in [2.05, 4.69) is 29.6 Å². The Balaban J connectivity index is 0.00000338. The molecule has 2 rings (SSSR count). The smallest absolute Gasteiger partial charge is 0.222 e. The van der Waals surface area contributed by atoms with Crippen molar-refractivity contribution in [3.8, 4) is 5.75 Å². The van der Waals surface area contributed by atoms with Crippen LogP contribution >= 0.6 is 12.4 Å². The number of benzene rings is 2. The van der Waals surface area contributed by atoms with E-state index in [-0.39, 0.29) is 18.3 Å². The molecule has 142 valence electrons. The topological polar surface area (TPSA) is 41.6 Å². The highest BCUT2D eigenvalue weighted by Crippen LogP contribution is 2.13. The lowest BCUT2D eigenvalue weighted by molar-refractivity contribution is -0.131. The zero-order valence-corrected chi connectivity index (χ0v) is 16.4. The van der Waals surface area contributed by atoms with Crippen molar-refractivity contribution in [1.82, 2.24) is 10.2 Å². The van der Waals surface area contributed by atoms with Crippen LogP contribution in [0.25, 0.3) is 0 Å². The maximum Gasteiger partial charge on any atom is 0.222 e. The van der Waals surface area contributed by atoms with Crippen LogP contribution in [-0.2, 0) is 17.8 Å². The molecule has 1 N–H and O–H groups in total. The summed E-state index contributed by atoms with van der Waals surface area (Å²) in [5.41, 5.74) is 2.38. The van der Waals surface area contributed by atoms with E-state index in [0.29, 0.717) is 13.0 Å². The number of hydrogen-bond donors (Lipinski definition) is 1. The second-order valence-electron chi connectivity index (χ2n) is 6.11. The zero-order valence-electron chi connectivity index (χ0n) is 15.6. The van der Waals surface area contributed by atoms with E-state index in [0.717, 1.165) is 31.7 Å². The number of hydrogen-bond acceptors (Lipinski definition) is 3. The van der Waals surface area contributed by atoms with Gasteiger partial charge in [0.05, 0.1) is 7.11 Å². The van der Waals surface area contributed by atoms with Gasteiger partial charge in [0.15, 0.2) is 0 Å². The third-order valence-corrected chi connectivity index (χ3v) is 4.22. The number of halogens is 1. The van der Waals surface area contributed by atoms with Crippen molar-refractivity contribution in [3.63, 3.8) is 0 Å². The van der Waals surface area contributed by atoms with Gasteiger partial charge in [-0.3, -0.25) is 4.79 Å². The highest BCUT2D eigenvalue weighted by molar-refractivity contribution is 5.85. The van der Waals surface area contributed by atoms with Crippen molar-refractivity contribution in [3.05, 3.63) is 65.7 Å². The fraction of sp³-hybridized carbons (Fsp3) is 0.381. The summed E-state index contributed by atoms with van der Waals surface area (Å²) in [6.45, 7) is 2.25. The molecule has 1 amide bonds. The van der Waals surface area contributed by atoms with Crippen LogP contribution in [0.3, 0.4) is 0 Å². The summed E-state index contributed by atoms with van der Waals surface area (Å²) in [6, 6.07) is 18.2. The second-order valence-corrected chi connectivity index (χ2v) is 6.11. The number of ether oxygens (including phenoxy) is 1. The molecule has 0 saturated carbocycles. The lowest BCUT2D eigenvalue weighted by Gasteiger charge is -2.23. The number of nitrogens with zero attached hydrogens (tertiary/aromatic N) is 1. The monoisotopic (exact) mass is 376 g/mol. The van der Waals surface area contributed by atoms with Gasteiger partial charge >= 0.3 is 0 Å². The van der Waals surface area contributed by atoms with Gasteiger partial charge in [0.25, 0.3) is 0 Å². The molecule has 0 aliphatic rings. The minimum atomic E-state index is 0. The molecule has 0 bridgehead atoms. The Kier molecular flexibility index (Phi) is 10.4. The molecule has 0 heterocycles. The molecule has 0 aliphatic heterocycles. The van der Waals surface area contributed by atoms with Crippen molar-refractivity contribution in [2.24, 2.45) is 0 Å². The molecule has 0 aromatic heterocycles. The Morgan fingerprint density at radius 2 is 1.73 bits per heavy atom. The van der Waals surface area contributed by atoms with Crippen LogP contribution in [0.1, 0.15) is 24.0 Å². The SMILES string of the molecule is CNCCCC(=O)N(CCc1ccc(OC)cc1)Cc1ccccc1.Cl. The van der Waals surface area contributed by atoms with Crippen molar-refractivity contribution in [2.75, 3.05) is 27.2 Å². The summed E-state index contributed by atoms with van der Waals surface area (Å²) in [5, 5.41) is 3.10. The van der Waals surface area contributed by atoms with Gasteiger partial charge in [-0.05, 0) is 49.7 Å². The maximum atomic E-state index is 12.6. The molecule has 0 saturated heterocycles. The molecule has 2 aromatic carbocycles. The molecule has 0 atom stereocenters. The van der Waals surface area contributed by atoms with Crippen molar-refractivity contribution in [1.29, 1.82) is 0 Å². The first kappa shape index (κ1) is 22.0. The molecule has 5 heteroatoms. The maximum absolute atomic E-state index is 12.6. The van der Waals surface area contributed by atoms with Gasteiger partial charge in [-0.1, -0.05) is 42.5 Å². The van der Waals surface area contributed by atoms with Crippen LogP contribution < -0.4 is 10.1 Å². The minimum Gasteiger partial charge on any atom is -0.497 e. The number of methoxy groups -OCH3 is 1. The number of carbonyl (C=O) groups is 1. The van der Waals surface area contributed by atoms with Gasteiger partial charge in [-0.25, -0.2) is 0 Å². The Hall–Kier alpha value is -2.04. The number of nitrogens with one attached hydrogen (secondary N) is 1. The van der Waals surface area contributed by atoms with Crippen LogP contribution in [0.5, 0.6) is 5.75 Å². The Bertz CT molecular complexity index is 632. The first-order valence-electron chi connectivity index (χ1n) is 8.82. The van der Waals surface area contributed by atoms with E-state index in [4.69, 9.17) is 4.74 Å². The average Bonchev–Trinajstić information content (AvgIpc) is 2.66. The van der Waals surface area contributed by atoms with Crippen LogP contribution in [0.2, 0.25) is 0 Å². The average molecular weight is 377 g/mol. The van der Waals surface area contributed by atoms with Gasteiger partial charge < -0.3 is 15.0 Å². The van der Waals surface area contributed by atoms with Crippen LogP contribution in [-0.4, -0.2) is 38.1 Å². The lowest BCUT2D eigenvalue weighted by Crippen LogP contribution is -2.32. The van der Waals surface area contributed by atoms with E-state index in [9.17, 15) is 4.79 Å². The summed E-state index contributed by atoms with van der Waals surface area (Å²) in [4.78, 5) is 14.6. The van der Waals surface area contributed by atoms with Crippen LogP contribution in [0.15, 0.2) is 54.6 Å². The molecule has 0 fully saturated rings. The molecule has 4 nitrogen and oxygen atoms in total. The molecule has 0 radical (unpaired) electrons. The molecule has 0 spiro atoms. The largest absolute Gasteiger partial charge is 0.497 e. The number of amides is 1. The second kappa shape index (κ2) is 12.3. The highest BCUT2D eigenvalue weighted by Gasteiger charge is 2.13. The Labute approximate surface area is 163 Å². The third kappa shape index (κ3) is 7.46. The predicted molar refractivity (Wildman–Crippen MR) is 109 cm³/mol. The van der Waals surface area contributed by atoms with Crippen LogP contribution in [0.4, 0.5) is 0 Å². The zero-order chi connectivity index (χ0) is 17.9. The first-order chi connectivity index (χ1) is 12.2. The quantitative estimate of drug-likeness (QED) is 0.643. The van der Waals surface area contributed by atoms with Gasteiger partial charge in [-0.2, -0.15) is 0 Å². The summed E-state index contributed by atoms with van der Waals surface area (Å²) in [7, 11) is 3.58. The van der Waals surface area contributed by atoms with Gasteiger partial charge in [0.2, 0.25) is 5.91 Å². The fourth-order valence-corrected chi connectivity index (χ4v) is 2.73. The Morgan fingerprint density at radius 1 is 1.04 bits per heavy atom. The van der Waals surface area contributed by atoms with E-state index < -0.39 is 0 Å². The van der Waals surface area contributed by atoms with Gasteiger partial charge in [0, 0.05) is 19.5 Å². The van der Waals surface area contributed by atoms with E-state index in [1.54, 1.807) is 7.11 Å². The number of carbonyl (C=O) groups excluding carboxylic acids is 1. The third-order valence-electron chi connectivity index (χ3n) is 4.22. The summed E-state index contributed by atoms with van der Waals surface area (Å²) in [6.07, 6.45) is 2.29. The lowest BCUT2D eigenvalue weighted by atomic mass is 10.1. The standard InChI is InChI=1S/C21H28N2O2.ClH/c1-22-15-6-9-21(24)23(17-19-7-4-3-5-8-19)16-14-18-10-12-20(25-2)13-11-18;/h3-5,7-8,10-13,22H,6,9,14-17H2,1-2H3;1H. The van der Waals surface area contributed by atoms with E-state index >= 15 is 0 Å². The van der Waals surface area contributed by atoms with Crippen molar-refractivity contribution in [2.45, 2.75) is 25.8 Å². The summed E-state index contributed by atoms with van der Waals surface area (Å²) >= 11 is 0. The molecule has 0 aliphatic carbocycles. The van der Waals surface area contributed by atoms with Crippen LogP contribution in [0, 0.1) is 0 Å². The number of rotatable bonds is 10. The predicted octanol–water partition coefficient (Wildman–Crippen LogP) is 3.69. The highest BCUT2D eigenvalue weighted by atomic mass is 35.5. The molecular weight excluding hydrogens is 348 g/mol. The van der Waals surface area contributed by atoms with Gasteiger partial charge in [0.1, 0.15) is 5.75 Å². The first-order valence-corrected chi connectivity index (χ1v) is 8.82. The summed E-state index contributed by atoms with van der Waals surface area (Å²) < 4.78 is 5.20. The minimum absolute atomic E-state index is 0. The molecular formula is C21H29ClN2O2. The fourth-order valence-electron chi connectivity index (χ4n) is 2.73. The van der Waals surface area contributed by atoms with E-state index in [1.165, 1.54) is 11.1 Å².